The quantitative estimate of drug-likeness (QED) is 0.860. The first-order valence-electron chi connectivity index (χ1n) is 4.42. The van der Waals surface area contributed by atoms with E-state index < -0.39 is 10.8 Å². The molecular weight excluding hydrogens is 260 g/mol. The van der Waals surface area contributed by atoms with Crippen molar-refractivity contribution in [1.82, 2.24) is 0 Å². The van der Waals surface area contributed by atoms with E-state index >= 15 is 0 Å². The molecule has 0 spiro atoms. The smallest absolute Gasteiger partial charge is 0.335 e. The minimum Gasteiger partial charge on any atom is -0.478 e. The molecule has 0 saturated carbocycles. The molecule has 0 bridgehead atoms. The van der Waals surface area contributed by atoms with E-state index in [0.29, 0.717) is 11.1 Å². The summed E-state index contributed by atoms with van der Waals surface area (Å²) >= 11 is 3.22. The van der Waals surface area contributed by atoms with Crippen LogP contribution in [0, 0.1) is 6.92 Å². The maximum atomic E-state index is 11.1. The van der Waals surface area contributed by atoms with Gasteiger partial charge in [-0.25, -0.2) is 4.79 Å². The second-order valence-electron chi connectivity index (χ2n) is 3.35. The zero-order valence-corrected chi connectivity index (χ0v) is 10.0. The van der Waals surface area contributed by atoms with Crippen molar-refractivity contribution in [3.8, 4) is 0 Å². The lowest BCUT2D eigenvalue weighted by Gasteiger charge is -2.08. The van der Waals surface area contributed by atoms with Crippen molar-refractivity contribution in [2.24, 2.45) is 0 Å². The average molecular weight is 271 g/mol. The Balaban J connectivity index is 3.18. The topological polar surface area (TPSA) is 54.4 Å². The fraction of sp³-hybridized carbons (Fsp3) is 0.273. The van der Waals surface area contributed by atoms with Crippen LogP contribution in [0.1, 0.15) is 33.2 Å². The normalized spacial score (nSPS) is 12.2. The number of benzene rings is 1. The van der Waals surface area contributed by atoms with E-state index in [1.54, 1.807) is 19.1 Å². The Bertz CT molecular complexity index is 412. The van der Waals surface area contributed by atoms with Crippen LogP contribution in [0.15, 0.2) is 18.2 Å². The van der Waals surface area contributed by atoms with Crippen LogP contribution in [0.5, 0.6) is 0 Å². The summed E-state index contributed by atoms with van der Waals surface area (Å²) in [7, 11) is 0. The Kier molecular flexibility index (Phi) is 3.63. The van der Waals surface area contributed by atoms with Crippen molar-refractivity contribution >= 4 is 27.7 Å². The number of hydrogen-bond acceptors (Lipinski definition) is 2. The van der Waals surface area contributed by atoms with Crippen LogP contribution < -0.4 is 0 Å². The molecule has 0 fully saturated rings. The van der Waals surface area contributed by atoms with Crippen molar-refractivity contribution in [3.63, 3.8) is 0 Å². The minimum atomic E-state index is -0.974. The second-order valence-corrected chi connectivity index (χ2v) is 4.27. The van der Waals surface area contributed by atoms with Gasteiger partial charge in [0, 0.05) is 0 Å². The highest BCUT2D eigenvalue weighted by molar-refractivity contribution is 9.09. The van der Waals surface area contributed by atoms with Gasteiger partial charge in [0.15, 0.2) is 0 Å². The van der Waals surface area contributed by atoms with E-state index in [1.165, 1.54) is 13.0 Å². The third-order valence-electron chi connectivity index (χ3n) is 2.14. The van der Waals surface area contributed by atoms with Crippen molar-refractivity contribution in [3.05, 3.63) is 34.9 Å². The van der Waals surface area contributed by atoms with Crippen LogP contribution in [-0.4, -0.2) is 16.9 Å². The van der Waals surface area contributed by atoms with Gasteiger partial charge in [0.05, 0.1) is 10.4 Å². The van der Waals surface area contributed by atoms with Gasteiger partial charge in [0.1, 0.15) is 5.78 Å². The van der Waals surface area contributed by atoms with Gasteiger partial charge in [0.2, 0.25) is 0 Å². The lowest BCUT2D eigenvalue weighted by atomic mass is 10.0. The lowest BCUT2D eigenvalue weighted by molar-refractivity contribution is -0.116. The van der Waals surface area contributed by atoms with Crippen LogP contribution >= 0.6 is 15.9 Å². The molecular formula is C11H11BrO3. The number of carbonyl (C=O) groups excluding carboxylic acids is 1. The molecule has 80 valence electrons. The maximum absolute atomic E-state index is 11.1. The van der Waals surface area contributed by atoms with E-state index in [-0.39, 0.29) is 11.3 Å². The summed E-state index contributed by atoms with van der Waals surface area (Å²) in [5.41, 5.74) is 1.60. The summed E-state index contributed by atoms with van der Waals surface area (Å²) in [4.78, 5) is 21.5. The van der Waals surface area contributed by atoms with E-state index in [0.717, 1.165) is 0 Å². The van der Waals surface area contributed by atoms with Crippen molar-refractivity contribution in [2.45, 2.75) is 18.7 Å². The molecule has 0 aliphatic rings. The summed E-state index contributed by atoms with van der Waals surface area (Å²) < 4.78 is 0. The fourth-order valence-electron chi connectivity index (χ4n) is 1.26. The molecule has 0 amide bonds. The number of aromatic carboxylic acids is 1. The number of halogens is 1. The molecule has 15 heavy (non-hydrogen) atoms. The number of carbonyl (C=O) groups is 2. The molecule has 0 aromatic heterocycles. The molecule has 1 N–H and O–H groups in total. The molecule has 0 radical (unpaired) electrons. The predicted octanol–water partition coefficient (Wildman–Crippen LogP) is 2.72. The number of ketones is 1. The molecule has 1 aromatic rings. The number of rotatable bonds is 3. The van der Waals surface area contributed by atoms with Crippen LogP contribution in [0.4, 0.5) is 0 Å². The molecule has 1 rings (SSSR count). The van der Waals surface area contributed by atoms with E-state index in [2.05, 4.69) is 15.9 Å². The van der Waals surface area contributed by atoms with Gasteiger partial charge in [0.25, 0.3) is 0 Å². The lowest BCUT2D eigenvalue weighted by Crippen LogP contribution is -2.05. The number of hydrogen-bond donors (Lipinski definition) is 1. The Morgan fingerprint density at radius 1 is 1.40 bits per heavy atom. The Hall–Kier alpha value is -1.16. The molecule has 3 nitrogen and oxygen atoms in total. The van der Waals surface area contributed by atoms with Gasteiger partial charge in [-0.3, -0.25) is 4.79 Å². The highest BCUT2D eigenvalue weighted by Crippen LogP contribution is 2.25. The molecule has 0 aliphatic heterocycles. The number of aryl methyl sites for hydroxylation is 1. The SMILES string of the molecule is CC(=O)C(Br)c1ccc(C)c(C(=O)O)c1. The Labute approximate surface area is 96.2 Å². The minimum absolute atomic E-state index is 0.0461. The number of alkyl halides is 1. The van der Waals surface area contributed by atoms with E-state index in [4.69, 9.17) is 5.11 Å². The molecule has 0 aliphatic carbocycles. The third-order valence-corrected chi connectivity index (χ3v) is 3.32. The van der Waals surface area contributed by atoms with E-state index in [9.17, 15) is 9.59 Å². The average Bonchev–Trinajstić information content (AvgIpc) is 2.16. The first-order valence-corrected chi connectivity index (χ1v) is 5.33. The van der Waals surface area contributed by atoms with Crippen molar-refractivity contribution < 1.29 is 14.7 Å². The van der Waals surface area contributed by atoms with Gasteiger partial charge < -0.3 is 5.11 Å². The predicted molar refractivity (Wildman–Crippen MR) is 60.5 cm³/mol. The number of carboxylic acid groups (broad SMARTS) is 1. The third kappa shape index (κ3) is 2.65. The molecule has 1 aromatic carbocycles. The molecule has 1 unspecified atom stereocenters. The van der Waals surface area contributed by atoms with Gasteiger partial charge in [-0.05, 0) is 31.0 Å². The first kappa shape index (κ1) is 11.9. The zero-order valence-electron chi connectivity index (χ0n) is 8.45. The monoisotopic (exact) mass is 270 g/mol. The molecule has 4 heteroatoms. The van der Waals surface area contributed by atoms with Crippen molar-refractivity contribution in [2.75, 3.05) is 0 Å². The Morgan fingerprint density at radius 2 is 2.00 bits per heavy atom. The summed E-state index contributed by atoms with van der Waals surface area (Å²) in [6.07, 6.45) is 0. The largest absolute Gasteiger partial charge is 0.478 e. The zero-order chi connectivity index (χ0) is 11.6. The van der Waals surface area contributed by atoms with Crippen LogP contribution in [0.3, 0.4) is 0 Å². The summed E-state index contributed by atoms with van der Waals surface area (Å²) in [5, 5.41) is 8.91. The highest BCUT2D eigenvalue weighted by atomic mass is 79.9. The van der Waals surface area contributed by atoms with E-state index in [1.807, 2.05) is 0 Å². The number of Topliss-reactive ketones (excluding diaryl/α,β-unsaturated/α-hetero) is 1. The van der Waals surface area contributed by atoms with Gasteiger partial charge >= 0.3 is 5.97 Å². The summed E-state index contributed by atoms with van der Waals surface area (Å²) in [6.45, 7) is 3.18. The summed E-state index contributed by atoms with van der Waals surface area (Å²) in [6, 6.07) is 4.98. The first-order chi connectivity index (χ1) is 6.93. The molecule has 1 atom stereocenters. The maximum Gasteiger partial charge on any atom is 0.335 e. The van der Waals surface area contributed by atoms with Gasteiger partial charge in [-0.2, -0.15) is 0 Å². The van der Waals surface area contributed by atoms with Crippen LogP contribution in [0.2, 0.25) is 0 Å². The number of carboxylic acids is 1. The van der Waals surface area contributed by atoms with Gasteiger partial charge in [-0.15, -0.1) is 0 Å². The van der Waals surface area contributed by atoms with Gasteiger partial charge in [-0.1, -0.05) is 28.1 Å². The summed E-state index contributed by atoms with van der Waals surface area (Å²) in [5.74, 6) is -1.02. The Morgan fingerprint density at radius 3 is 2.47 bits per heavy atom. The molecule has 0 heterocycles. The van der Waals surface area contributed by atoms with Crippen molar-refractivity contribution in [1.29, 1.82) is 0 Å². The standard InChI is InChI=1S/C11H11BrO3/c1-6-3-4-8(10(12)7(2)13)5-9(6)11(14)15/h3-5,10H,1-2H3,(H,14,15). The highest BCUT2D eigenvalue weighted by Gasteiger charge is 2.15. The second kappa shape index (κ2) is 4.57. The van der Waals surface area contributed by atoms with Crippen LogP contribution in [0.25, 0.3) is 0 Å². The molecule has 0 saturated heterocycles. The fourth-order valence-corrected chi connectivity index (χ4v) is 1.55. The van der Waals surface area contributed by atoms with Crippen LogP contribution in [-0.2, 0) is 4.79 Å².